The van der Waals surface area contributed by atoms with Gasteiger partial charge >= 0.3 is 41.6 Å². The summed E-state index contributed by atoms with van der Waals surface area (Å²) in [4.78, 5) is 19.9. The van der Waals surface area contributed by atoms with Crippen molar-refractivity contribution in [1.29, 1.82) is 0 Å². The van der Waals surface area contributed by atoms with E-state index >= 15 is 0 Å². The fourth-order valence-corrected chi connectivity index (χ4v) is 0.275. The molecule has 2 amide bonds. The van der Waals surface area contributed by atoms with Crippen LogP contribution < -0.4 is 40.6 Å². The van der Waals surface area contributed by atoms with E-state index in [0.717, 1.165) is 0 Å². The van der Waals surface area contributed by atoms with Crippen LogP contribution in [0, 0.1) is 0 Å². The van der Waals surface area contributed by atoms with Crippen molar-refractivity contribution in [3.05, 3.63) is 0 Å². The summed E-state index contributed by atoms with van der Waals surface area (Å²) in [6, 6.07) is -1.74. The van der Waals surface area contributed by atoms with Gasteiger partial charge in [-0.25, -0.2) is 4.79 Å². The average Bonchev–Trinajstić information content (AvgIpc) is 1.63. The number of rotatable bonds is 2. The minimum Gasteiger partial charge on any atom is -1.00 e. The molecule has 0 aliphatic rings. The van der Waals surface area contributed by atoms with Crippen molar-refractivity contribution in [3.63, 3.8) is 0 Å². The summed E-state index contributed by atoms with van der Waals surface area (Å²) in [5.74, 6) is -1.10. The van der Waals surface area contributed by atoms with Gasteiger partial charge in [0.1, 0.15) is 6.04 Å². The molecule has 10 heavy (non-hydrogen) atoms. The van der Waals surface area contributed by atoms with E-state index < -0.39 is 18.0 Å². The Morgan fingerprint density at radius 1 is 1.70 bits per heavy atom. The van der Waals surface area contributed by atoms with Gasteiger partial charge in [0, 0.05) is 0 Å². The second-order valence-corrected chi connectivity index (χ2v) is 1.57. The van der Waals surface area contributed by atoms with E-state index in [-0.39, 0.29) is 31.0 Å². The molecule has 0 saturated carbocycles. The van der Waals surface area contributed by atoms with Crippen molar-refractivity contribution >= 4 is 12.0 Å². The van der Waals surface area contributed by atoms with Crippen molar-refractivity contribution in [2.45, 2.75) is 13.0 Å². The topological polar surface area (TPSA) is 92.4 Å². The van der Waals surface area contributed by atoms with Crippen molar-refractivity contribution in [1.82, 2.24) is 5.32 Å². The Morgan fingerprint density at radius 3 is 2.20 bits per heavy atom. The molecule has 6 heteroatoms. The third-order valence-electron chi connectivity index (χ3n) is 0.729. The van der Waals surface area contributed by atoms with Crippen LogP contribution in [0.2, 0.25) is 0 Å². The first-order valence-electron chi connectivity index (χ1n) is 2.33. The number of nitrogens with two attached hydrogens (primary N) is 1. The van der Waals surface area contributed by atoms with Crippen molar-refractivity contribution in [2.24, 2.45) is 5.73 Å². The van der Waals surface area contributed by atoms with Crippen LogP contribution in [0.15, 0.2) is 0 Å². The normalized spacial score (nSPS) is 10.9. The summed E-state index contributed by atoms with van der Waals surface area (Å²) in [6.07, 6.45) is 0. The van der Waals surface area contributed by atoms with Crippen LogP contribution in [0.4, 0.5) is 4.79 Å². The molecule has 1 atom stereocenters. The van der Waals surface area contributed by atoms with Gasteiger partial charge in [0.2, 0.25) is 0 Å². The second kappa shape index (κ2) is 5.52. The zero-order valence-electron chi connectivity index (χ0n) is 6.92. The van der Waals surface area contributed by atoms with Crippen LogP contribution >= 0.6 is 0 Å². The van der Waals surface area contributed by atoms with E-state index in [4.69, 9.17) is 5.11 Å². The Hall–Kier alpha value is -0.260. The van der Waals surface area contributed by atoms with Crippen molar-refractivity contribution < 1.29 is 45.7 Å². The zero-order valence-corrected chi connectivity index (χ0v) is 7.92. The molecule has 0 fully saturated rings. The summed E-state index contributed by atoms with van der Waals surface area (Å²) in [5, 5.41) is 10.1. The number of hydrogen-bond donors (Lipinski definition) is 3. The van der Waals surface area contributed by atoms with Crippen LogP contribution in [0.5, 0.6) is 0 Å². The number of nitrogens with one attached hydrogen (secondary N) is 1. The summed E-state index contributed by atoms with van der Waals surface area (Å²) in [7, 11) is 0. The first-order chi connectivity index (χ1) is 4.04. The Labute approximate surface area is 81.7 Å². The van der Waals surface area contributed by atoms with Crippen molar-refractivity contribution in [3.8, 4) is 0 Å². The van der Waals surface area contributed by atoms with Crippen LogP contribution in [-0.2, 0) is 4.79 Å². The fraction of sp³-hybridized carbons (Fsp3) is 0.500. The maximum Gasteiger partial charge on any atom is 1.00 e. The molecule has 0 spiro atoms. The smallest absolute Gasteiger partial charge is 1.00 e. The number of carbonyl (C=O) groups excluding carboxylic acids is 1. The number of urea groups is 1. The van der Waals surface area contributed by atoms with Crippen LogP contribution in [-0.4, -0.2) is 23.1 Å². The SMILES string of the molecule is CC(NC(N)=O)C(=O)O.[H-].[Na+]. The largest absolute Gasteiger partial charge is 1.00 e. The number of amides is 2. The fourth-order valence-electron chi connectivity index (χ4n) is 0.275. The Balaban J connectivity index is -0.000000320. The number of hydrogen-bond acceptors (Lipinski definition) is 2. The monoisotopic (exact) mass is 156 g/mol. The molecule has 0 bridgehead atoms. The molecular weight excluding hydrogens is 147 g/mol. The molecule has 0 aliphatic carbocycles. The minimum absolute atomic E-state index is 0. The zero-order chi connectivity index (χ0) is 7.44. The molecule has 0 aromatic carbocycles. The summed E-state index contributed by atoms with van der Waals surface area (Å²) in [6.45, 7) is 1.33. The van der Waals surface area contributed by atoms with Crippen molar-refractivity contribution in [2.75, 3.05) is 0 Å². The second-order valence-electron chi connectivity index (χ2n) is 1.57. The summed E-state index contributed by atoms with van der Waals surface area (Å²) >= 11 is 0. The molecule has 0 aromatic heterocycles. The number of primary amides is 1. The van der Waals surface area contributed by atoms with E-state index in [1.54, 1.807) is 0 Å². The van der Waals surface area contributed by atoms with Gasteiger partial charge in [0.25, 0.3) is 0 Å². The maximum absolute atomic E-state index is 9.96. The molecule has 0 radical (unpaired) electrons. The molecule has 54 valence electrons. The minimum atomic E-state index is -1.10. The van der Waals surface area contributed by atoms with Gasteiger partial charge in [0.05, 0.1) is 0 Å². The van der Waals surface area contributed by atoms with Gasteiger partial charge < -0.3 is 17.6 Å². The Bertz CT molecular complexity index is 143. The van der Waals surface area contributed by atoms with Crippen LogP contribution in [0.1, 0.15) is 8.35 Å². The van der Waals surface area contributed by atoms with E-state index in [9.17, 15) is 9.59 Å². The molecular formula is C4H9N2NaO3. The van der Waals surface area contributed by atoms with Gasteiger partial charge in [-0.1, -0.05) is 0 Å². The number of carbonyl (C=O) groups is 2. The standard InChI is InChI=1S/C4H8N2O3.Na.H/c1-2(3(7)8)6-4(5)9;;/h2H,1H3,(H,7,8)(H3,5,6,9);;/q;+1;-1. The predicted octanol–water partition coefficient (Wildman–Crippen LogP) is -3.76. The first kappa shape index (κ1) is 12.4. The number of carboxylic acid groups (broad SMARTS) is 1. The van der Waals surface area contributed by atoms with Gasteiger partial charge in [-0.05, 0) is 6.92 Å². The van der Waals surface area contributed by atoms with Gasteiger partial charge in [-0.2, -0.15) is 0 Å². The average molecular weight is 156 g/mol. The van der Waals surface area contributed by atoms with Gasteiger partial charge in [0.15, 0.2) is 0 Å². The van der Waals surface area contributed by atoms with E-state index in [1.165, 1.54) is 6.92 Å². The maximum atomic E-state index is 9.96. The van der Waals surface area contributed by atoms with E-state index in [2.05, 4.69) is 5.73 Å². The van der Waals surface area contributed by atoms with Crippen LogP contribution in [0.25, 0.3) is 0 Å². The summed E-state index contributed by atoms with van der Waals surface area (Å²) < 4.78 is 0. The molecule has 5 nitrogen and oxygen atoms in total. The van der Waals surface area contributed by atoms with Gasteiger partial charge in [-0.15, -0.1) is 0 Å². The number of carboxylic acids is 1. The molecule has 0 heterocycles. The third-order valence-corrected chi connectivity index (χ3v) is 0.729. The Kier molecular flexibility index (Phi) is 6.85. The summed E-state index contributed by atoms with van der Waals surface area (Å²) in [5.41, 5.74) is 4.62. The number of aliphatic carboxylic acids is 1. The predicted molar refractivity (Wildman–Crippen MR) is 30.9 cm³/mol. The molecule has 4 N–H and O–H groups in total. The van der Waals surface area contributed by atoms with E-state index in [1.807, 2.05) is 5.32 Å². The molecule has 0 aliphatic heterocycles. The molecule has 0 aromatic rings. The Morgan fingerprint density at radius 2 is 2.10 bits per heavy atom. The van der Waals surface area contributed by atoms with E-state index in [0.29, 0.717) is 0 Å². The first-order valence-corrected chi connectivity index (χ1v) is 2.33. The van der Waals surface area contributed by atoms with Gasteiger partial charge in [-0.3, -0.25) is 4.79 Å². The van der Waals surface area contributed by atoms with Crippen LogP contribution in [0.3, 0.4) is 0 Å². The molecule has 0 rings (SSSR count). The third kappa shape index (κ3) is 5.87. The quantitative estimate of drug-likeness (QED) is 0.358. The molecule has 0 saturated heterocycles. The molecule has 1 unspecified atom stereocenters.